The number of hydrogen-bond acceptors (Lipinski definition) is 2. The molecular weight excluding hydrogens is 272 g/mol. The lowest BCUT2D eigenvalue weighted by Crippen LogP contribution is -2.20. The molecule has 1 aromatic carbocycles. The molecule has 0 amide bonds. The average Bonchev–Trinajstić information content (AvgIpc) is 3.03. The molecule has 0 saturated carbocycles. The summed E-state index contributed by atoms with van der Waals surface area (Å²) < 4.78 is 11.5. The van der Waals surface area contributed by atoms with Gasteiger partial charge in [0.15, 0.2) is 0 Å². The summed E-state index contributed by atoms with van der Waals surface area (Å²) >= 11 is 6.76. The van der Waals surface area contributed by atoms with Gasteiger partial charge in [-0.25, -0.2) is 0 Å². The van der Waals surface area contributed by atoms with Crippen molar-refractivity contribution in [1.82, 2.24) is 0 Å². The normalized spacial score (nSPS) is 29.0. The van der Waals surface area contributed by atoms with Crippen molar-refractivity contribution in [2.24, 2.45) is 5.92 Å². The smallest absolute Gasteiger partial charge is 0.123 e. The predicted octanol–water partition coefficient (Wildman–Crippen LogP) is 4.45. The largest absolute Gasteiger partial charge is 0.492 e. The Balaban J connectivity index is 1.88. The monoisotopic (exact) mass is 294 g/mol. The zero-order valence-electron chi connectivity index (χ0n) is 12.5. The first-order chi connectivity index (χ1) is 9.53. The molecular formula is C17H23ClO2. The second kappa shape index (κ2) is 5.23. The van der Waals surface area contributed by atoms with Crippen LogP contribution >= 0.6 is 11.6 Å². The molecule has 2 aliphatic heterocycles. The van der Waals surface area contributed by atoms with Crippen LogP contribution in [0.15, 0.2) is 18.2 Å². The third kappa shape index (κ3) is 2.33. The van der Waals surface area contributed by atoms with E-state index in [9.17, 15) is 0 Å². The molecule has 1 saturated heterocycles. The molecule has 0 bridgehead atoms. The molecule has 0 spiro atoms. The SMILES string of the molecule is CCC1OCCC1C(Cl)c1ccc2c(c1)C(C)(C)CO2. The fraction of sp³-hybridized carbons (Fsp3) is 0.647. The molecule has 2 aliphatic rings. The average molecular weight is 295 g/mol. The molecule has 3 atom stereocenters. The summed E-state index contributed by atoms with van der Waals surface area (Å²) in [5.41, 5.74) is 2.57. The van der Waals surface area contributed by atoms with E-state index in [1.54, 1.807) is 0 Å². The first-order valence-corrected chi connectivity index (χ1v) is 7.99. The summed E-state index contributed by atoms with van der Waals surface area (Å²) in [5.74, 6) is 1.43. The molecule has 0 aromatic heterocycles. The molecule has 1 aromatic rings. The van der Waals surface area contributed by atoms with Crippen LogP contribution in [0.1, 0.15) is 50.1 Å². The molecule has 2 heterocycles. The third-order valence-electron chi connectivity index (χ3n) is 4.68. The van der Waals surface area contributed by atoms with Crippen molar-refractivity contribution in [2.45, 2.75) is 50.5 Å². The molecule has 0 N–H and O–H groups in total. The van der Waals surface area contributed by atoms with Gasteiger partial charge in [-0.15, -0.1) is 11.6 Å². The van der Waals surface area contributed by atoms with Gasteiger partial charge in [0.05, 0.1) is 18.1 Å². The highest BCUT2D eigenvalue weighted by atomic mass is 35.5. The first-order valence-electron chi connectivity index (χ1n) is 7.56. The Kier molecular flexibility index (Phi) is 3.72. The predicted molar refractivity (Wildman–Crippen MR) is 81.7 cm³/mol. The van der Waals surface area contributed by atoms with E-state index in [-0.39, 0.29) is 10.8 Å². The van der Waals surface area contributed by atoms with Gasteiger partial charge in [-0.2, -0.15) is 0 Å². The lowest BCUT2D eigenvalue weighted by molar-refractivity contribution is 0.0864. The maximum absolute atomic E-state index is 6.76. The Morgan fingerprint density at radius 1 is 1.40 bits per heavy atom. The lowest BCUT2D eigenvalue weighted by atomic mass is 9.84. The van der Waals surface area contributed by atoms with Crippen molar-refractivity contribution >= 4 is 11.6 Å². The summed E-state index contributed by atoms with van der Waals surface area (Å²) in [5, 5.41) is 0.0316. The van der Waals surface area contributed by atoms with Gasteiger partial charge in [-0.3, -0.25) is 0 Å². The number of alkyl halides is 1. The highest BCUT2D eigenvalue weighted by molar-refractivity contribution is 6.21. The minimum absolute atomic E-state index is 0.0316. The topological polar surface area (TPSA) is 18.5 Å². The minimum Gasteiger partial charge on any atom is -0.492 e. The van der Waals surface area contributed by atoms with Gasteiger partial charge in [0.1, 0.15) is 5.75 Å². The summed E-state index contributed by atoms with van der Waals surface area (Å²) in [7, 11) is 0. The van der Waals surface area contributed by atoms with Gasteiger partial charge in [-0.05, 0) is 30.5 Å². The first kappa shape index (κ1) is 14.2. The summed E-state index contributed by atoms with van der Waals surface area (Å²) in [6, 6.07) is 6.43. The second-order valence-electron chi connectivity index (χ2n) is 6.60. The van der Waals surface area contributed by atoms with E-state index in [0.29, 0.717) is 12.0 Å². The van der Waals surface area contributed by atoms with Crippen LogP contribution in [-0.2, 0) is 10.2 Å². The summed E-state index contributed by atoms with van der Waals surface area (Å²) in [4.78, 5) is 0. The number of rotatable bonds is 3. The van der Waals surface area contributed by atoms with Crippen LogP contribution in [0.3, 0.4) is 0 Å². The van der Waals surface area contributed by atoms with E-state index >= 15 is 0 Å². The standard InChI is InChI=1S/C17H23ClO2/c1-4-14-12(7-8-19-14)16(18)11-5-6-15-13(9-11)17(2,3)10-20-15/h5-6,9,12,14,16H,4,7-8,10H2,1-3H3. The van der Waals surface area contributed by atoms with Crippen molar-refractivity contribution in [3.05, 3.63) is 29.3 Å². The molecule has 20 heavy (non-hydrogen) atoms. The maximum Gasteiger partial charge on any atom is 0.123 e. The second-order valence-corrected chi connectivity index (χ2v) is 7.07. The molecule has 3 unspecified atom stereocenters. The maximum atomic E-state index is 6.76. The van der Waals surface area contributed by atoms with Gasteiger partial charge >= 0.3 is 0 Å². The zero-order valence-corrected chi connectivity index (χ0v) is 13.2. The van der Waals surface area contributed by atoms with Crippen molar-refractivity contribution in [3.63, 3.8) is 0 Å². The Labute approximate surface area is 126 Å². The van der Waals surface area contributed by atoms with Gasteiger partial charge in [0.2, 0.25) is 0 Å². The number of halogens is 1. The Morgan fingerprint density at radius 2 is 2.20 bits per heavy atom. The third-order valence-corrected chi connectivity index (χ3v) is 5.25. The number of benzene rings is 1. The number of fused-ring (bicyclic) bond motifs is 1. The quantitative estimate of drug-likeness (QED) is 0.767. The zero-order chi connectivity index (χ0) is 14.3. The molecule has 1 fully saturated rings. The van der Waals surface area contributed by atoms with E-state index in [1.807, 2.05) is 0 Å². The van der Waals surface area contributed by atoms with Crippen molar-refractivity contribution < 1.29 is 9.47 Å². The highest BCUT2D eigenvalue weighted by Gasteiger charge is 2.36. The van der Waals surface area contributed by atoms with Crippen molar-refractivity contribution in [1.29, 1.82) is 0 Å². The van der Waals surface area contributed by atoms with Gasteiger partial charge in [0.25, 0.3) is 0 Å². The molecule has 3 rings (SSSR count). The molecule has 3 heteroatoms. The Bertz CT molecular complexity index is 498. The van der Waals surface area contributed by atoms with E-state index < -0.39 is 0 Å². The molecule has 2 nitrogen and oxygen atoms in total. The Morgan fingerprint density at radius 3 is 2.95 bits per heavy atom. The van der Waals surface area contributed by atoms with Crippen LogP contribution in [0.5, 0.6) is 5.75 Å². The van der Waals surface area contributed by atoms with Crippen LogP contribution in [0.4, 0.5) is 0 Å². The molecule has 0 aliphatic carbocycles. The number of ether oxygens (including phenoxy) is 2. The van der Waals surface area contributed by atoms with Crippen LogP contribution in [0.25, 0.3) is 0 Å². The summed E-state index contributed by atoms with van der Waals surface area (Å²) in [6.45, 7) is 8.21. The lowest BCUT2D eigenvalue weighted by Gasteiger charge is -2.23. The van der Waals surface area contributed by atoms with E-state index in [2.05, 4.69) is 39.0 Å². The fourth-order valence-electron chi connectivity index (χ4n) is 3.38. The molecule has 110 valence electrons. The summed E-state index contributed by atoms with van der Waals surface area (Å²) in [6.07, 6.45) is 2.40. The Hall–Kier alpha value is -0.730. The minimum atomic E-state index is 0.0316. The van der Waals surface area contributed by atoms with E-state index in [1.165, 1.54) is 11.1 Å². The number of hydrogen-bond donors (Lipinski definition) is 0. The molecule has 0 radical (unpaired) electrons. The van der Waals surface area contributed by atoms with Gasteiger partial charge in [0, 0.05) is 23.5 Å². The van der Waals surface area contributed by atoms with E-state index in [0.717, 1.165) is 31.8 Å². The van der Waals surface area contributed by atoms with Crippen LogP contribution in [-0.4, -0.2) is 19.3 Å². The van der Waals surface area contributed by atoms with Crippen molar-refractivity contribution in [2.75, 3.05) is 13.2 Å². The fourth-order valence-corrected chi connectivity index (χ4v) is 3.80. The van der Waals surface area contributed by atoms with Crippen LogP contribution in [0, 0.1) is 5.92 Å². The van der Waals surface area contributed by atoms with Gasteiger partial charge in [-0.1, -0.05) is 26.8 Å². The van der Waals surface area contributed by atoms with Crippen LogP contribution < -0.4 is 4.74 Å². The highest BCUT2D eigenvalue weighted by Crippen LogP contribution is 2.44. The van der Waals surface area contributed by atoms with Gasteiger partial charge < -0.3 is 9.47 Å². The van der Waals surface area contributed by atoms with Crippen LogP contribution in [0.2, 0.25) is 0 Å². The van der Waals surface area contributed by atoms with Crippen molar-refractivity contribution in [3.8, 4) is 5.75 Å². The van der Waals surface area contributed by atoms with E-state index in [4.69, 9.17) is 21.1 Å².